The molecule has 2 amide bonds. The van der Waals surface area contributed by atoms with Gasteiger partial charge in [-0.1, -0.05) is 17.8 Å². The molecule has 0 spiro atoms. The fourth-order valence-corrected chi connectivity index (χ4v) is 5.88. The SMILES string of the molecule is O=C(N[C@H]1CN2CCC1CC2)c1ccc(Sc2cccc(NC(=O)C(F)F)c2)s1. The highest BCUT2D eigenvalue weighted by Crippen LogP contribution is 2.35. The summed E-state index contributed by atoms with van der Waals surface area (Å²) in [6, 6.07) is 10.6. The first kappa shape index (κ1) is 20.3. The van der Waals surface area contributed by atoms with E-state index in [1.165, 1.54) is 23.1 Å². The number of halogens is 2. The number of thiophene rings is 1. The number of anilines is 1. The summed E-state index contributed by atoms with van der Waals surface area (Å²) in [5.74, 6) is -0.794. The predicted molar refractivity (Wildman–Crippen MR) is 110 cm³/mol. The van der Waals surface area contributed by atoms with E-state index in [1.807, 2.05) is 18.2 Å². The fraction of sp³-hybridized carbons (Fsp3) is 0.400. The summed E-state index contributed by atoms with van der Waals surface area (Å²) in [4.78, 5) is 27.7. The van der Waals surface area contributed by atoms with Gasteiger partial charge in [0.1, 0.15) is 0 Å². The largest absolute Gasteiger partial charge is 0.347 e. The second-order valence-corrected chi connectivity index (χ2v) is 9.71. The molecule has 154 valence electrons. The maximum absolute atomic E-state index is 12.6. The smallest absolute Gasteiger partial charge is 0.315 e. The van der Waals surface area contributed by atoms with Crippen molar-refractivity contribution in [3.8, 4) is 0 Å². The Hall–Kier alpha value is -1.97. The van der Waals surface area contributed by atoms with Crippen LogP contribution in [0.5, 0.6) is 0 Å². The standard InChI is InChI=1S/C20H21F2N3O2S2/c21-18(22)20(27)23-13-2-1-3-14(10-13)28-17-5-4-16(29-17)19(26)24-15-11-25-8-6-12(15)7-9-25/h1-5,10,12,15,18H,6-9,11H2,(H,23,27)(H,24,26)/t15-/m0/s1. The Morgan fingerprint density at radius 3 is 2.66 bits per heavy atom. The molecule has 0 unspecified atom stereocenters. The molecule has 5 rings (SSSR count). The molecule has 2 N–H and O–H groups in total. The Bertz CT molecular complexity index is 897. The highest BCUT2D eigenvalue weighted by Gasteiger charge is 2.35. The minimum atomic E-state index is -3.05. The van der Waals surface area contributed by atoms with Crippen molar-refractivity contribution in [1.82, 2.24) is 10.2 Å². The molecular weight excluding hydrogens is 416 g/mol. The highest BCUT2D eigenvalue weighted by molar-refractivity contribution is 8.01. The van der Waals surface area contributed by atoms with Crippen LogP contribution in [0.15, 0.2) is 45.5 Å². The van der Waals surface area contributed by atoms with Gasteiger partial charge in [0, 0.05) is 23.2 Å². The average Bonchev–Trinajstić information content (AvgIpc) is 3.18. The molecule has 9 heteroatoms. The number of hydrogen-bond donors (Lipinski definition) is 2. The van der Waals surface area contributed by atoms with E-state index in [2.05, 4.69) is 15.5 Å². The van der Waals surface area contributed by atoms with Crippen LogP contribution < -0.4 is 10.6 Å². The third kappa shape index (κ3) is 4.96. The number of amides is 2. The van der Waals surface area contributed by atoms with Gasteiger partial charge < -0.3 is 15.5 Å². The predicted octanol–water partition coefficient (Wildman–Crippen LogP) is 3.93. The molecule has 29 heavy (non-hydrogen) atoms. The normalized spacial score (nSPS) is 23.2. The zero-order valence-corrected chi connectivity index (χ0v) is 17.2. The van der Waals surface area contributed by atoms with Crippen molar-refractivity contribution >= 4 is 40.6 Å². The van der Waals surface area contributed by atoms with Crippen molar-refractivity contribution in [3.05, 3.63) is 41.3 Å². The third-order valence-electron chi connectivity index (χ3n) is 5.30. The first-order chi connectivity index (χ1) is 14.0. The Balaban J connectivity index is 1.37. The second kappa shape index (κ2) is 8.81. The van der Waals surface area contributed by atoms with Crippen molar-refractivity contribution in [2.24, 2.45) is 5.92 Å². The number of nitrogens with zero attached hydrogens (tertiary/aromatic N) is 1. The van der Waals surface area contributed by atoms with Gasteiger partial charge in [0.15, 0.2) is 0 Å². The van der Waals surface area contributed by atoms with E-state index < -0.39 is 12.3 Å². The molecule has 2 aromatic rings. The molecule has 5 nitrogen and oxygen atoms in total. The van der Waals surface area contributed by atoms with Crippen molar-refractivity contribution in [2.45, 2.75) is 34.4 Å². The van der Waals surface area contributed by atoms with E-state index >= 15 is 0 Å². The van der Waals surface area contributed by atoms with Crippen molar-refractivity contribution in [2.75, 3.05) is 25.0 Å². The van der Waals surface area contributed by atoms with Crippen LogP contribution in [0.2, 0.25) is 0 Å². The van der Waals surface area contributed by atoms with E-state index in [0.717, 1.165) is 41.6 Å². The minimum Gasteiger partial charge on any atom is -0.347 e. The molecule has 1 aromatic heterocycles. The zero-order chi connectivity index (χ0) is 20.4. The Morgan fingerprint density at radius 1 is 1.17 bits per heavy atom. The minimum absolute atomic E-state index is 0.0430. The highest BCUT2D eigenvalue weighted by atomic mass is 32.2. The monoisotopic (exact) mass is 437 g/mol. The maximum atomic E-state index is 12.6. The molecule has 4 heterocycles. The molecule has 0 saturated carbocycles. The van der Waals surface area contributed by atoms with Gasteiger partial charge in [-0.25, -0.2) is 0 Å². The van der Waals surface area contributed by atoms with Gasteiger partial charge in [0.25, 0.3) is 11.8 Å². The van der Waals surface area contributed by atoms with Gasteiger partial charge in [0.2, 0.25) is 0 Å². The first-order valence-electron chi connectivity index (χ1n) is 9.48. The van der Waals surface area contributed by atoms with Crippen LogP contribution in [0.3, 0.4) is 0 Å². The topological polar surface area (TPSA) is 61.4 Å². The van der Waals surface area contributed by atoms with Crippen LogP contribution in [-0.4, -0.2) is 48.8 Å². The Kier molecular flexibility index (Phi) is 6.17. The molecular formula is C20H21F2N3O2S2. The summed E-state index contributed by atoms with van der Waals surface area (Å²) in [7, 11) is 0. The lowest BCUT2D eigenvalue weighted by molar-refractivity contribution is -0.126. The van der Waals surface area contributed by atoms with E-state index in [-0.39, 0.29) is 11.9 Å². The molecule has 3 fully saturated rings. The molecule has 1 aromatic carbocycles. The van der Waals surface area contributed by atoms with Gasteiger partial charge in [-0.3, -0.25) is 9.59 Å². The number of alkyl halides is 2. The second-order valence-electron chi connectivity index (χ2n) is 7.26. The summed E-state index contributed by atoms with van der Waals surface area (Å²) in [6.07, 6.45) is -0.759. The molecule has 3 saturated heterocycles. The quantitative estimate of drug-likeness (QED) is 0.719. The molecule has 0 aliphatic carbocycles. The van der Waals surface area contributed by atoms with Crippen LogP contribution >= 0.6 is 23.1 Å². The van der Waals surface area contributed by atoms with E-state index in [1.54, 1.807) is 18.2 Å². The third-order valence-corrected chi connectivity index (χ3v) is 7.50. The first-order valence-corrected chi connectivity index (χ1v) is 11.1. The van der Waals surface area contributed by atoms with Gasteiger partial charge in [-0.15, -0.1) is 11.3 Å². The van der Waals surface area contributed by atoms with Gasteiger partial charge in [0.05, 0.1) is 9.09 Å². The number of fused-ring (bicyclic) bond motifs is 3. The number of hydrogen-bond acceptors (Lipinski definition) is 5. The molecule has 2 bridgehead atoms. The van der Waals surface area contributed by atoms with Crippen LogP contribution in [0.25, 0.3) is 0 Å². The number of piperidine rings is 3. The fourth-order valence-electron chi connectivity index (χ4n) is 3.82. The van der Waals surface area contributed by atoms with Crippen molar-refractivity contribution < 1.29 is 18.4 Å². The van der Waals surface area contributed by atoms with Crippen molar-refractivity contribution in [3.63, 3.8) is 0 Å². The van der Waals surface area contributed by atoms with Crippen molar-refractivity contribution in [1.29, 1.82) is 0 Å². The van der Waals surface area contributed by atoms with E-state index in [0.29, 0.717) is 16.5 Å². The Labute approximate surface area is 175 Å². The van der Waals surface area contributed by atoms with E-state index in [9.17, 15) is 18.4 Å². The maximum Gasteiger partial charge on any atom is 0.315 e. The summed E-state index contributed by atoms with van der Waals surface area (Å²) in [5.41, 5.74) is 0.317. The summed E-state index contributed by atoms with van der Waals surface area (Å²) < 4.78 is 25.7. The number of benzene rings is 1. The number of carbonyl (C=O) groups excluding carboxylic acids is 2. The van der Waals surface area contributed by atoms with Crippen LogP contribution in [0.4, 0.5) is 14.5 Å². The number of carbonyl (C=O) groups is 2. The molecule has 3 aliphatic heterocycles. The zero-order valence-electron chi connectivity index (χ0n) is 15.6. The number of rotatable bonds is 6. The lowest BCUT2D eigenvalue weighted by atomic mass is 9.84. The summed E-state index contributed by atoms with van der Waals surface area (Å²) in [6.45, 7) is 3.20. The average molecular weight is 438 g/mol. The van der Waals surface area contributed by atoms with Gasteiger partial charge >= 0.3 is 6.43 Å². The summed E-state index contributed by atoms with van der Waals surface area (Å²) in [5, 5.41) is 5.37. The molecule has 1 atom stereocenters. The molecule has 0 radical (unpaired) electrons. The van der Waals surface area contributed by atoms with Gasteiger partial charge in [-0.05, 0) is 62.2 Å². The van der Waals surface area contributed by atoms with E-state index in [4.69, 9.17) is 0 Å². The summed E-state index contributed by atoms with van der Waals surface area (Å²) >= 11 is 2.82. The van der Waals surface area contributed by atoms with Crippen LogP contribution in [0, 0.1) is 5.92 Å². The Morgan fingerprint density at radius 2 is 1.97 bits per heavy atom. The van der Waals surface area contributed by atoms with Crippen LogP contribution in [-0.2, 0) is 4.79 Å². The van der Waals surface area contributed by atoms with Crippen LogP contribution in [0.1, 0.15) is 22.5 Å². The lowest BCUT2D eigenvalue weighted by Gasteiger charge is -2.44. The molecule has 3 aliphatic rings. The van der Waals surface area contributed by atoms with Gasteiger partial charge in [-0.2, -0.15) is 8.78 Å². The lowest BCUT2D eigenvalue weighted by Crippen LogP contribution is -2.57. The number of nitrogens with one attached hydrogen (secondary N) is 2.